The average molecular weight is 331 g/mol. The number of carbonyl (C=O) groups is 4. The quantitative estimate of drug-likeness (QED) is 0.620. The minimum absolute atomic E-state index is 0.189. The molecule has 7 nitrogen and oxygen atoms in total. The SMILES string of the molecule is CC(=O)OC1CCC(C(=O)ON2C(=O)c3ccccc3C2=O)CC1. The number of benzene rings is 1. The number of hydrogen-bond donors (Lipinski definition) is 0. The Kier molecular flexibility index (Phi) is 4.33. The van der Waals surface area contributed by atoms with Crippen LogP contribution in [0.4, 0.5) is 0 Å². The highest BCUT2D eigenvalue weighted by molar-refractivity contribution is 6.20. The van der Waals surface area contributed by atoms with E-state index in [-0.39, 0.29) is 23.2 Å². The Morgan fingerprint density at radius 2 is 1.54 bits per heavy atom. The van der Waals surface area contributed by atoms with Gasteiger partial charge in [-0.05, 0) is 37.8 Å². The molecule has 1 aliphatic carbocycles. The number of imide groups is 1. The predicted molar refractivity (Wildman–Crippen MR) is 80.5 cm³/mol. The molecule has 1 saturated carbocycles. The van der Waals surface area contributed by atoms with Crippen molar-refractivity contribution in [2.75, 3.05) is 0 Å². The molecular weight excluding hydrogens is 314 g/mol. The maximum Gasteiger partial charge on any atom is 0.336 e. The molecule has 0 atom stereocenters. The summed E-state index contributed by atoms with van der Waals surface area (Å²) in [5.41, 5.74) is 0.461. The van der Waals surface area contributed by atoms with Crippen LogP contribution < -0.4 is 0 Å². The van der Waals surface area contributed by atoms with Crippen molar-refractivity contribution >= 4 is 23.8 Å². The van der Waals surface area contributed by atoms with E-state index >= 15 is 0 Å². The molecule has 1 fully saturated rings. The van der Waals surface area contributed by atoms with Gasteiger partial charge in [-0.15, -0.1) is 0 Å². The summed E-state index contributed by atoms with van der Waals surface area (Å²) in [4.78, 5) is 52.6. The third kappa shape index (κ3) is 3.02. The van der Waals surface area contributed by atoms with Gasteiger partial charge in [0.15, 0.2) is 0 Å². The van der Waals surface area contributed by atoms with E-state index in [0.717, 1.165) is 0 Å². The van der Waals surface area contributed by atoms with Crippen molar-refractivity contribution in [3.63, 3.8) is 0 Å². The maximum absolute atomic E-state index is 12.2. The highest BCUT2D eigenvalue weighted by Crippen LogP contribution is 2.29. The second-order valence-corrected chi connectivity index (χ2v) is 5.94. The number of amides is 2. The summed E-state index contributed by atoms with van der Waals surface area (Å²) in [6.45, 7) is 1.35. The van der Waals surface area contributed by atoms with Crippen LogP contribution in [-0.4, -0.2) is 34.9 Å². The molecule has 0 aromatic heterocycles. The van der Waals surface area contributed by atoms with Gasteiger partial charge in [0.25, 0.3) is 11.8 Å². The molecule has 0 saturated heterocycles. The molecule has 3 rings (SSSR count). The number of rotatable bonds is 3. The predicted octanol–water partition coefficient (Wildman–Crippen LogP) is 1.86. The summed E-state index contributed by atoms with van der Waals surface area (Å²) in [6.07, 6.45) is 1.90. The molecule has 0 radical (unpaired) electrons. The van der Waals surface area contributed by atoms with Crippen LogP contribution in [-0.2, 0) is 19.2 Å². The van der Waals surface area contributed by atoms with Crippen LogP contribution in [0.15, 0.2) is 24.3 Å². The second kappa shape index (κ2) is 6.43. The van der Waals surface area contributed by atoms with E-state index in [9.17, 15) is 19.2 Å². The van der Waals surface area contributed by atoms with E-state index in [4.69, 9.17) is 9.57 Å². The lowest BCUT2D eigenvalue weighted by molar-refractivity contribution is -0.176. The summed E-state index contributed by atoms with van der Waals surface area (Å²) in [7, 11) is 0. The molecule has 1 aliphatic heterocycles. The van der Waals surface area contributed by atoms with Gasteiger partial charge in [-0.2, -0.15) is 0 Å². The van der Waals surface area contributed by atoms with Crippen LogP contribution in [0.3, 0.4) is 0 Å². The molecule has 2 amide bonds. The van der Waals surface area contributed by atoms with Gasteiger partial charge in [-0.25, -0.2) is 4.79 Å². The number of carbonyl (C=O) groups excluding carboxylic acids is 4. The molecule has 0 N–H and O–H groups in total. The highest BCUT2D eigenvalue weighted by atomic mass is 16.7. The number of fused-ring (bicyclic) bond motifs is 1. The molecule has 7 heteroatoms. The molecule has 1 aromatic rings. The van der Waals surface area contributed by atoms with Crippen molar-refractivity contribution in [1.29, 1.82) is 0 Å². The zero-order valence-corrected chi connectivity index (χ0v) is 13.2. The second-order valence-electron chi connectivity index (χ2n) is 5.94. The lowest BCUT2D eigenvalue weighted by Crippen LogP contribution is -2.36. The van der Waals surface area contributed by atoms with E-state index in [2.05, 4.69) is 0 Å². The Balaban J connectivity index is 1.60. The van der Waals surface area contributed by atoms with E-state index in [1.807, 2.05) is 0 Å². The summed E-state index contributed by atoms with van der Waals surface area (Å²) < 4.78 is 5.12. The van der Waals surface area contributed by atoms with Crippen LogP contribution >= 0.6 is 0 Å². The molecule has 24 heavy (non-hydrogen) atoms. The summed E-state index contributed by atoms with van der Waals surface area (Å²) in [6, 6.07) is 6.33. The van der Waals surface area contributed by atoms with Gasteiger partial charge in [-0.1, -0.05) is 17.2 Å². The molecule has 1 heterocycles. The first-order valence-corrected chi connectivity index (χ1v) is 7.84. The number of ether oxygens (including phenoxy) is 1. The molecule has 1 aromatic carbocycles. The van der Waals surface area contributed by atoms with Gasteiger partial charge < -0.3 is 9.57 Å². The maximum atomic E-state index is 12.2. The lowest BCUT2D eigenvalue weighted by atomic mass is 9.87. The molecular formula is C17H17NO6. The molecule has 0 spiro atoms. The Hall–Kier alpha value is -2.70. The van der Waals surface area contributed by atoms with Gasteiger partial charge in [0.05, 0.1) is 17.0 Å². The minimum Gasteiger partial charge on any atom is -0.463 e. The first-order valence-electron chi connectivity index (χ1n) is 7.84. The standard InChI is InChI=1S/C17H17NO6/c1-10(19)23-12-8-6-11(7-9-12)17(22)24-18-15(20)13-4-2-3-5-14(13)16(18)21/h2-5,11-12H,6-9H2,1H3. The third-order valence-corrected chi connectivity index (χ3v) is 4.28. The Morgan fingerprint density at radius 3 is 2.04 bits per heavy atom. The molecule has 0 unspecified atom stereocenters. The van der Waals surface area contributed by atoms with Crippen molar-refractivity contribution in [3.05, 3.63) is 35.4 Å². The van der Waals surface area contributed by atoms with E-state index < -0.39 is 23.7 Å². The fraction of sp³-hybridized carbons (Fsp3) is 0.412. The monoisotopic (exact) mass is 331 g/mol. The number of nitrogens with zero attached hydrogens (tertiary/aromatic N) is 1. The van der Waals surface area contributed by atoms with E-state index in [1.165, 1.54) is 19.1 Å². The normalized spacial score (nSPS) is 23.0. The van der Waals surface area contributed by atoms with Crippen molar-refractivity contribution in [2.24, 2.45) is 5.92 Å². The fourth-order valence-corrected chi connectivity index (χ4v) is 3.07. The van der Waals surface area contributed by atoms with Gasteiger partial charge in [0.2, 0.25) is 0 Å². The smallest absolute Gasteiger partial charge is 0.336 e. The summed E-state index contributed by atoms with van der Waals surface area (Å²) in [5, 5.41) is 0.533. The Morgan fingerprint density at radius 1 is 1.00 bits per heavy atom. The van der Waals surface area contributed by atoms with E-state index in [0.29, 0.717) is 30.7 Å². The third-order valence-electron chi connectivity index (χ3n) is 4.28. The molecule has 0 bridgehead atoms. The van der Waals surface area contributed by atoms with Crippen LogP contribution in [0.1, 0.15) is 53.3 Å². The van der Waals surface area contributed by atoms with Gasteiger partial charge in [0, 0.05) is 6.92 Å². The Bertz CT molecular complexity index is 670. The van der Waals surface area contributed by atoms with Crippen LogP contribution in [0, 0.1) is 5.92 Å². The molecule has 2 aliphatic rings. The fourth-order valence-electron chi connectivity index (χ4n) is 3.07. The van der Waals surface area contributed by atoms with Crippen LogP contribution in [0.5, 0.6) is 0 Å². The highest BCUT2D eigenvalue weighted by Gasteiger charge is 2.40. The van der Waals surface area contributed by atoms with Gasteiger partial charge in [-0.3, -0.25) is 14.4 Å². The molecule has 126 valence electrons. The summed E-state index contributed by atoms with van der Waals surface area (Å²) >= 11 is 0. The van der Waals surface area contributed by atoms with Crippen molar-refractivity contribution in [2.45, 2.75) is 38.7 Å². The Labute approximate surface area is 138 Å². The van der Waals surface area contributed by atoms with Crippen LogP contribution in [0.25, 0.3) is 0 Å². The van der Waals surface area contributed by atoms with Crippen molar-refractivity contribution < 1.29 is 28.8 Å². The van der Waals surface area contributed by atoms with E-state index in [1.54, 1.807) is 12.1 Å². The van der Waals surface area contributed by atoms with Gasteiger partial charge in [0.1, 0.15) is 6.10 Å². The summed E-state index contributed by atoms with van der Waals surface area (Å²) in [5.74, 6) is -2.62. The first kappa shape index (κ1) is 16.2. The first-order chi connectivity index (χ1) is 11.5. The van der Waals surface area contributed by atoms with Gasteiger partial charge >= 0.3 is 11.9 Å². The number of esters is 1. The average Bonchev–Trinajstić information content (AvgIpc) is 2.80. The topological polar surface area (TPSA) is 90.0 Å². The number of hydrogen-bond acceptors (Lipinski definition) is 6. The minimum atomic E-state index is -0.627. The van der Waals surface area contributed by atoms with Crippen molar-refractivity contribution in [1.82, 2.24) is 5.06 Å². The lowest BCUT2D eigenvalue weighted by Gasteiger charge is -2.27. The largest absolute Gasteiger partial charge is 0.463 e. The zero-order valence-electron chi connectivity index (χ0n) is 13.2. The zero-order chi connectivity index (χ0) is 17.3. The van der Waals surface area contributed by atoms with Crippen LogP contribution in [0.2, 0.25) is 0 Å². The number of hydroxylamine groups is 2. The van der Waals surface area contributed by atoms with Crippen molar-refractivity contribution in [3.8, 4) is 0 Å².